The van der Waals surface area contributed by atoms with Gasteiger partial charge in [0, 0.05) is 12.8 Å². The Bertz CT molecular complexity index is 1710. The molecule has 0 aromatic carbocycles. The highest BCUT2D eigenvalue weighted by Crippen LogP contribution is 2.38. The number of carbonyl (C=O) groups is 2. The topological polar surface area (TPSA) is 114 Å². The predicted molar refractivity (Wildman–Crippen MR) is 362 cm³/mol. The van der Waals surface area contributed by atoms with E-state index in [4.69, 9.17) is 13.8 Å². The summed E-state index contributed by atoms with van der Waals surface area (Å²) >= 11 is 0. The van der Waals surface area contributed by atoms with Crippen molar-refractivity contribution < 1.29 is 37.3 Å². The fraction of sp³-hybridized carbons (Fsp3) is 0.784. The molecule has 3 atom stereocenters. The van der Waals surface area contributed by atoms with Gasteiger partial charge < -0.3 is 28.5 Å². The van der Waals surface area contributed by atoms with Crippen molar-refractivity contribution in [2.24, 2.45) is 0 Å². The van der Waals surface area contributed by atoms with Gasteiger partial charge in [0.25, 0.3) is 7.82 Å². The molecule has 0 aliphatic carbocycles. The second kappa shape index (κ2) is 63.2. The van der Waals surface area contributed by atoms with Gasteiger partial charge in [-0.05, 0) is 102 Å². The van der Waals surface area contributed by atoms with Crippen molar-refractivity contribution in [3.05, 3.63) is 85.1 Å². The van der Waals surface area contributed by atoms with Crippen molar-refractivity contribution in [1.29, 1.82) is 0 Å². The molecular weight excluding hydrogens is 1060 g/mol. The zero-order chi connectivity index (χ0) is 61.4. The minimum Gasteiger partial charge on any atom is -0.756 e. The van der Waals surface area contributed by atoms with Gasteiger partial charge in [-0.25, -0.2) is 0 Å². The fourth-order valence-electron chi connectivity index (χ4n) is 10.1. The molecule has 9 nitrogen and oxygen atoms in total. The second-order valence-corrected chi connectivity index (χ2v) is 26.4. The summed E-state index contributed by atoms with van der Waals surface area (Å²) in [5.41, 5.74) is 0. The number of phosphoric ester groups is 1. The molecule has 0 aliphatic rings. The van der Waals surface area contributed by atoms with Gasteiger partial charge >= 0.3 is 5.97 Å². The first-order valence-electron chi connectivity index (χ1n) is 35.4. The molecule has 0 radical (unpaired) electrons. The van der Waals surface area contributed by atoms with Crippen LogP contribution in [-0.2, 0) is 27.9 Å². The van der Waals surface area contributed by atoms with Crippen molar-refractivity contribution in [2.75, 3.05) is 40.9 Å². The van der Waals surface area contributed by atoms with E-state index in [2.05, 4.69) is 99.0 Å². The Hall–Kier alpha value is -2.81. The van der Waals surface area contributed by atoms with Crippen molar-refractivity contribution in [2.45, 2.75) is 335 Å². The van der Waals surface area contributed by atoms with E-state index in [1.54, 1.807) is 0 Å². The molecule has 0 aromatic rings. The Labute approximate surface area is 520 Å². The molecule has 0 saturated carbocycles. The van der Waals surface area contributed by atoms with Crippen LogP contribution in [-0.4, -0.2) is 69.4 Å². The molecule has 1 amide bonds. The smallest absolute Gasteiger partial charge is 0.306 e. The summed E-state index contributed by atoms with van der Waals surface area (Å²) in [6.07, 6.45) is 84.2. The van der Waals surface area contributed by atoms with Crippen LogP contribution in [0, 0.1) is 0 Å². The van der Waals surface area contributed by atoms with Gasteiger partial charge in [-0.2, -0.15) is 0 Å². The molecule has 10 heteroatoms. The Morgan fingerprint density at radius 2 is 0.762 bits per heavy atom. The lowest BCUT2D eigenvalue weighted by Gasteiger charge is -2.30. The van der Waals surface area contributed by atoms with Crippen LogP contribution in [0.1, 0.15) is 323 Å². The molecule has 0 aromatic heterocycles. The minimum absolute atomic E-state index is 0.0249. The quantitative estimate of drug-likeness (QED) is 0.0212. The molecule has 84 heavy (non-hydrogen) atoms. The number of nitrogens with zero attached hydrogens (tertiary/aromatic N) is 1. The average Bonchev–Trinajstić information content (AvgIpc) is 3.65. The molecule has 488 valence electrons. The summed E-state index contributed by atoms with van der Waals surface area (Å²) in [6, 6.07) is -0.894. The monoisotopic (exact) mass is 1200 g/mol. The first-order valence-corrected chi connectivity index (χ1v) is 36.9. The van der Waals surface area contributed by atoms with Crippen molar-refractivity contribution in [3.63, 3.8) is 0 Å². The molecule has 0 rings (SSSR count). The normalized spacial score (nSPS) is 14.0. The van der Waals surface area contributed by atoms with E-state index in [1.807, 2.05) is 33.3 Å². The number of allylic oxidation sites excluding steroid dienone is 13. The van der Waals surface area contributed by atoms with Gasteiger partial charge in [-0.15, -0.1) is 0 Å². The van der Waals surface area contributed by atoms with Gasteiger partial charge in [-0.3, -0.25) is 14.2 Å². The molecule has 1 N–H and O–H groups in total. The van der Waals surface area contributed by atoms with Crippen molar-refractivity contribution in [1.82, 2.24) is 5.32 Å². The first kappa shape index (κ1) is 81.2. The van der Waals surface area contributed by atoms with Crippen molar-refractivity contribution >= 4 is 19.7 Å². The Morgan fingerprint density at radius 1 is 0.429 bits per heavy atom. The van der Waals surface area contributed by atoms with Gasteiger partial charge in [0.15, 0.2) is 0 Å². The number of quaternary nitrogens is 1. The highest BCUT2D eigenvalue weighted by molar-refractivity contribution is 7.45. The number of rotatable bonds is 64. The van der Waals surface area contributed by atoms with Crippen molar-refractivity contribution in [3.8, 4) is 0 Å². The number of ether oxygens (including phenoxy) is 1. The fourth-order valence-corrected chi connectivity index (χ4v) is 10.9. The molecular formula is C74H135N2O7P. The molecule has 0 spiro atoms. The van der Waals surface area contributed by atoms with E-state index in [-0.39, 0.29) is 24.9 Å². The number of hydrogen-bond acceptors (Lipinski definition) is 7. The van der Waals surface area contributed by atoms with Crippen LogP contribution in [0.25, 0.3) is 0 Å². The molecule has 0 saturated heterocycles. The number of likely N-dealkylation sites (N-methyl/N-ethyl adjacent to an activating group) is 1. The maximum absolute atomic E-state index is 13.6. The summed E-state index contributed by atoms with van der Waals surface area (Å²) in [4.78, 5) is 40.2. The summed E-state index contributed by atoms with van der Waals surface area (Å²) in [5.74, 6) is -0.540. The summed E-state index contributed by atoms with van der Waals surface area (Å²) in [7, 11) is 1.18. The van der Waals surface area contributed by atoms with E-state index >= 15 is 0 Å². The van der Waals surface area contributed by atoms with Crippen LogP contribution in [0.15, 0.2) is 85.1 Å². The second-order valence-electron chi connectivity index (χ2n) is 25.0. The lowest BCUT2D eigenvalue weighted by molar-refractivity contribution is -0.870. The van der Waals surface area contributed by atoms with E-state index in [0.717, 1.165) is 89.9 Å². The number of nitrogens with one attached hydrogen (secondary N) is 1. The maximum Gasteiger partial charge on any atom is 0.306 e. The predicted octanol–water partition coefficient (Wildman–Crippen LogP) is 21.9. The number of phosphoric acid groups is 1. The highest BCUT2D eigenvalue weighted by atomic mass is 31.2. The average molecular weight is 1200 g/mol. The molecule has 0 bridgehead atoms. The molecule has 3 unspecified atom stereocenters. The summed E-state index contributed by atoms with van der Waals surface area (Å²) in [6.45, 7) is 6.75. The Balaban J connectivity index is 5.06. The van der Waals surface area contributed by atoms with Gasteiger partial charge in [0.05, 0.1) is 33.8 Å². The van der Waals surface area contributed by atoms with Crippen LogP contribution in [0.5, 0.6) is 0 Å². The standard InChI is InChI=1S/C74H135N2O7P/c1-7-10-13-16-19-22-25-28-30-32-34-35-36-37-38-39-40-41-43-45-47-49-52-55-58-61-64-67-74(78)83-72(65-62-59-56-53-50-27-24-21-18-15-12-9-3)71(70-82-84(79,80)81-69-68-76(4,5)6)75-73(77)66-63-60-57-54-51-48-46-44-42-33-31-29-26-23-20-17-14-11-8-2/h10,13,19,22,28-31,34-35,37-38,62,65,71-72H,7-9,11-12,14-18,20-21,23-27,32-33,36,39-61,63-64,66-70H2,1-6H3,(H-,75,77,79,80)/b13-10-,22-19-,30-28-,31-29+,35-34-,38-37-,65-62-. The lowest BCUT2D eigenvalue weighted by atomic mass is 10.0. The third-order valence-corrected chi connectivity index (χ3v) is 16.5. The summed E-state index contributed by atoms with van der Waals surface area (Å²) in [5, 5.41) is 3.04. The molecule has 0 fully saturated rings. The van der Waals surface area contributed by atoms with Gasteiger partial charge in [-0.1, -0.05) is 292 Å². The largest absolute Gasteiger partial charge is 0.756 e. The molecule has 0 heterocycles. The lowest BCUT2D eigenvalue weighted by Crippen LogP contribution is -2.47. The van der Waals surface area contributed by atoms with E-state index < -0.39 is 26.6 Å². The Morgan fingerprint density at radius 3 is 1.15 bits per heavy atom. The van der Waals surface area contributed by atoms with Crippen LogP contribution in [0.3, 0.4) is 0 Å². The summed E-state index contributed by atoms with van der Waals surface area (Å²) < 4.78 is 30.4. The number of hydrogen-bond donors (Lipinski definition) is 1. The zero-order valence-electron chi connectivity index (χ0n) is 55.8. The first-order chi connectivity index (χ1) is 40.9. The number of esters is 1. The zero-order valence-corrected chi connectivity index (χ0v) is 56.7. The highest BCUT2D eigenvalue weighted by Gasteiger charge is 2.27. The van der Waals surface area contributed by atoms with Gasteiger partial charge in [0.1, 0.15) is 19.3 Å². The third-order valence-electron chi connectivity index (χ3n) is 15.6. The minimum atomic E-state index is -4.71. The van der Waals surface area contributed by atoms with Crippen LogP contribution < -0.4 is 10.2 Å². The van der Waals surface area contributed by atoms with Crippen LogP contribution >= 0.6 is 7.82 Å². The van der Waals surface area contributed by atoms with E-state index in [9.17, 15) is 19.0 Å². The SMILES string of the molecule is CC/C=C\C/C=C\C/C=C\C/C=C\C/C=C\CCCCCCCCCCCCCC(=O)OC(/C=C\CCCCCCCCCCCC)C(COP(=O)([O-])OCC[N+](C)(C)C)NC(=O)CCCCCCCCCCC/C=C/CCCCCCCC. The number of unbranched alkanes of at least 4 members (excludes halogenated alkanes) is 36. The van der Waals surface area contributed by atoms with Crippen LogP contribution in [0.2, 0.25) is 0 Å². The third kappa shape index (κ3) is 63.7. The number of amides is 1. The number of carbonyl (C=O) groups excluding carboxylic acids is 2. The maximum atomic E-state index is 13.6. The van der Waals surface area contributed by atoms with E-state index in [1.165, 1.54) is 199 Å². The van der Waals surface area contributed by atoms with Gasteiger partial charge in [0.2, 0.25) is 5.91 Å². The van der Waals surface area contributed by atoms with E-state index in [0.29, 0.717) is 17.4 Å². The Kier molecular flexibility index (Phi) is 61.1. The molecule has 0 aliphatic heterocycles. The van der Waals surface area contributed by atoms with Crippen LogP contribution in [0.4, 0.5) is 0 Å².